The molecule has 8 aromatic rings. The Bertz CT molecular complexity index is 2700. The summed E-state index contributed by atoms with van der Waals surface area (Å²) in [5.41, 5.74) is 13.3. The van der Waals surface area contributed by atoms with Gasteiger partial charge in [0.25, 0.3) is 0 Å². The molecule has 0 saturated carbocycles. The first-order chi connectivity index (χ1) is 25.6. The number of hydrogen-bond acceptors (Lipinski definition) is 3. The number of phenols is 1. The largest absolute Gasteiger partial charge is 0.507 e. The molecule has 0 saturated heterocycles. The van der Waals surface area contributed by atoms with Crippen LogP contribution in [0, 0.1) is 12.9 Å². The van der Waals surface area contributed by atoms with Crippen molar-refractivity contribution in [3.8, 4) is 67.5 Å². The molecule has 4 nitrogen and oxygen atoms in total. The summed E-state index contributed by atoms with van der Waals surface area (Å²) < 4.78 is 25.5. The summed E-state index contributed by atoms with van der Waals surface area (Å²) in [4.78, 5) is 10.2. The van der Waals surface area contributed by atoms with Gasteiger partial charge in [-0.25, -0.2) is 4.98 Å². The maximum Gasteiger partial charge on any atom is 0.148 e. The number of aryl methyl sites for hydroxylation is 1. The van der Waals surface area contributed by atoms with Crippen LogP contribution in [0.15, 0.2) is 146 Å². The van der Waals surface area contributed by atoms with Gasteiger partial charge in [-0.2, -0.15) is 0 Å². The average molecular weight is 843 g/mol. The van der Waals surface area contributed by atoms with Crippen molar-refractivity contribution in [3.05, 3.63) is 168 Å². The van der Waals surface area contributed by atoms with Crippen LogP contribution in [0.2, 0.25) is 0 Å². The van der Waals surface area contributed by atoms with Gasteiger partial charge in [0.1, 0.15) is 11.6 Å². The van der Waals surface area contributed by atoms with E-state index in [0.717, 1.165) is 55.8 Å². The summed E-state index contributed by atoms with van der Waals surface area (Å²) in [6.07, 6.45) is 1.80. The molecule has 9 rings (SSSR count). The maximum absolute atomic E-state index is 11.1. The second kappa shape index (κ2) is 12.6. The van der Waals surface area contributed by atoms with E-state index in [4.69, 9.17) is 14.1 Å². The molecule has 0 spiro atoms. The molecule has 0 aliphatic heterocycles. The molecule has 6 aromatic carbocycles. The van der Waals surface area contributed by atoms with Crippen molar-refractivity contribution in [1.29, 1.82) is 0 Å². The van der Waals surface area contributed by atoms with Gasteiger partial charge in [0.05, 0.1) is 16.6 Å². The summed E-state index contributed by atoms with van der Waals surface area (Å²) in [7, 11) is 0. The monoisotopic (exact) mass is 842 g/mol. The van der Waals surface area contributed by atoms with Crippen LogP contribution in [0.5, 0.6) is 5.75 Å². The van der Waals surface area contributed by atoms with E-state index in [0.29, 0.717) is 17.0 Å². The van der Waals surface area contributed by atoms with E-state index in [2.05, 4.69) is 85.1 Å². The van der Waals surface area contributed by atoms with E-state index in [1.54, 1.807) is 24.4 Å². The van der Waals surface area contributed by atoms with Crippen LogP contribution in [-0.2, 0) is 26.5 Å². The van der Waals surface area contributed by atoms with E-state index >= 15 is 0 Å². The molecule has 51 heavy (non-hydrogen) atoms. The minimum atomic E-state index is -2.16. The van der Waals surface area contributed by atoms with Crippen LogP contribution < -0.4 is 0 Å². The molecule has 0 fully saturated rings. The molecular formula is C46H34N3OPt-. The molecule has 0 unspecified atom stereocenters. The molecule has 0 radical (unpaired) electrons. The zero-order valence-electron chi connectivity index (χ0n) is 31.0. The number of aromatic nitrogens is 3. The van der Waals surface area contributed by atoms with Gasteiger partial charge in [0.2, 0.25) is 0 Å². The number of nitrogens with zero attached hydrogens (tertiary/aromatic N) is 3. The molecule has 0 bridgehead atoms. The molecule has 0 amide bonds. The Labute approximate surface area is 316 Å². The normalized spacial score (nSPS) is 13.8. The quantitative estimate of drug-likeness (QED) is 0.176. The van der Waals surface area contributed by atoms with Crippen molar-refractivity contribution in [2.24, 2.45) is 0 Å². The molecule has 2 heterocycles. The number of para-hydroxylation sites is 3. The Kier molecular flexibility index (Phi) is 7.23. The molecule has 0 atom stereocenters. The van der Waals surface area contributed by atoms with Crippen molar-refractivity contribution < 1.29 is 30.3 Å². The summed E-state index contributed by atoms with van der Waals surface area (Å²) in [5.74, 6) is 0.801. The number of aromatic hydroxyl groups is 1. The number of phenolic OH excluding ortho intramolecular Hbond substituents is 1. The van der Waals surface area contributed by atoms with Gasteiger partial charge in [-0.15, -0.1) is 17.7 Å². The Morgan fingerprint density at radius 3 is 2.22 bits per heavy atom. The first-order valence-corrected chi connectivity index (χ1v) is 16.7. The average Bonchev–Trinajstić information content (AvgIpc) is 3.67. The third-order valence-electron chi connectivity index (χ3n) is 9.98. The molecule has 1 aliphatic carbocycles. The van der Waals surface area contributed by atoms with Gasteiger partial charge in [-0.3, -0.25) is 9.55 Å². The van der Waals surface area contributed by atoms with Crippen LogP contribution in [0.25, 0.3) is 72.7 Å². The molecule has 2 aromatic heterocycles. The van der Waals surface area contributed by atoms with Crippen LogP contribution in [-0.4, -0.2) is 19.6 Å². The van der Waals surface area contributed by atoms with E-state index < -0.39 is 6.85 Å². The number of pyridine rings is 1. The van der Waals surface area contributed by atoms with Crippen molar-refractivity contribution in [1.82, 2.24) is 14.5 Å². The molecule has 5 heteroatoms. The second-order valence-electron chi connectivity index (χ2n) is 13.3. The fraction of sp³-hybridized carbons (Fsp3) is 0.0870. The third-order valence-corrected chi connectivity index (χ3v) is 9.98. The smallest absolute Gasteiger partial charge is 0.148 e. The Hall–Kier alpha value is -5.57. The summed E-state index contributed by atoms with van der Waals surface area (Å²) in [6.45, 7) is 2.37. The number of rotatable bonds is 5. The van der Waals surface area contributed by atoms with Crippen molar-refractivity contribution in [3.63, 3.8) is 0 Å². The minimum Gasteiger partial charge on any atom is -0.507 e. The van der Waals surface area contributed by atoms with Gasteiger partial charge in [-0.05, 0) is 65.5 Å². The van der Waals surface area contributed by atoms with Gasteiger partial charge >= 0.3 is 0 Å². The maximum atomic E-state index is 11.1. The van der Waals surface area contributed by atoms with Crippen LogP contribution in [0.4, 0.5) is 0 Å². The summed E-state index contributed by atoms with van der Waals surface area (Å²) in [5, 5.41) is 11.1. The number of imidazole rings is 1. The fourth-order valence-electron chi connectivity index (χ4n) is 7.49. The second-order valence-corrected chi connectivity index (χ2v) is 13.3. The van der Waals surface area contributed by atoms with Gasteiger partial charge in [0.15, 0.2) is 0 Å². The first kappa shape index (κ1) is 29.2. The first-order valence-electron chi connectivity index (χ1n) is 18.2. The minimum absolute atomic E-state index is 0. The van der Waals surface area contributed by atoms with Crippen LogP contribution in [0.1, 0.15) is 34.7 Å². The van der Waals surface area contributed by atoms with Gasteiger partial charge in [0, 0.05) is 48.2 Å². The van der Waals surface area contributed by atoms with Crippen molar-refractivity contribution >= 4 is 11.0 Å². The zero-order valence-corrected chi connectivity index (χ0v) is 30.2. The zero-order chi connectivity index (χ0) is 36.5. The predicted molar refractivity (Wildman–Crippen MR) is 203 cm³/mol. The standard InChI is InChI=1S/C46H34N3O.Pt/c1-29-20-22-30(23-21-29)31-24-25-47-40(28-31)32-26-37(43-35-14-7-9-17-38(35)46(2,3)39(43)27-32)34-16-11-18-41-44(34)48-45(36-15-8-10-19-42(36)50)49(41)33-12-5-4-6-13-33;/h4-25,27-28,50H,1-3H3;/q-1;/i1D3;. The number of hydrogen-bond donors (Lipinski definition) is 1. The Balaban J connectivity index is 0.00000413. The molecule has 250 valence electrons. The predicted octanol–water partition coefficient (Wildman–Crippen LogP) is 11.2. The van der Waals surface area contributed by atoms with Crippen molar-refractivity contribution in [2.45, 2.75) is 26.1 Å². The molecule has 1 aliphatic rings. The third kappa shape index (κ3) is 5.34. The summed E-state index contributed by atoms with van der Waals surface area (Å²) >= 11 is 0. The van der Waals surface area contributed by atoms with Crippen LogP contribution >= 0.6 is 0 Å². The topological polar surface area (TPSA) is 50.9 Å². The summed E-state index contributed by atoms with van der Waals surface area (Å²) in [6, 6.07) is 49.4. The fourth-order valence-corrected chi connectivity index (χ4v) is 7.49. The van der Waals surface area contributed by atoms with E-state index in [1.165, 1.54) is 16.7 Å². The van der Waals surface area contributed by atoms with E-state index in [1.807, 2.05) is 60.7 Å². The Morgan fingerprint density at radius 2 is 1.43 bits per heavy atom. The van der Waals surface area contributed by atoms with Gasteiger partial charge in [-0.1, -0.05) is 139 Å². The number of fused-ring (bicyclic) bond motifs is 4. The molecule has 1 N–H and O–H groups in total. The van der Waals surface area contributed by atoms with E-state index in [-0.39, 0.29) is 32.2 Å². The SMILES string of the molecule is [2H]C([2H])([2H])c1ccc(-c2ccnc(-c3[c-]c(-c4cccc5c4nc(-c4ccccc4O)n5-c4ccccc4)c4c(c3)C(C)(C)c3ccccc3-4)c2)cc1.[Pt]. The van der Waals surface area contributed by atoms with Gasteiger partial charge < -0.3 is 5.11 Å². The Morgan fingerprint density at radius 1 is 0.706 bits per heavy atom. The van der Waals surface area contributed by atoms with Crippen LogP contribution in [0.3, 0.4) is 0 Å². The molecular weight excluding hydrogens is 806 g/mol. The number of benzene rings is 6. The van der Waals surface area contributed by atoms with Crippen molar-refractivity contribution in [2.75, 3.05) is 0 Å². The van der Waals surface area contributed by atoms with E-state index in [9.17, 15) is 5.11 Å².